The Morgan fingerprint density at radius 2 is 1.89 bits per heavy atom. The van der Waals surface area contributed by atoms with Crippen molar-refractivity contribution in [2.45, 2.75) is 34.1 Å². The van der Waals surface area contributed by atoms with Crippen LogP contribution in [0, 0.1) is 20.8 Å². The molecule has 2 heterocycles. The van der Waals surface area contributed by atoms with Gasteiger partial charge in [-0.3, -0.25) is 0 Å². The lowest BCUT2D eigenvalue weighted by Crippen LogP contribution is -2.05. The molecule has 0 saturated carbocycles. The van der Waals surface area contributed by atoms with Crippen molar-refractivity contribution in [1.82, 2.24) is 19.7 Å². The van der Waals surface area contributed by atoms with Gasteiger partial charge >= 0.3 is 0 Å². The Morgan fingerprint density at radius 1 is 1.11 bits per heavy atom. The summed E-state index contributed by atoms with van der Waals surface area (Å²) >= 11 is 0. The molecule has 7 heteroatoms. The molecule has 0 radical (unpaired) electrons. The van der Waals surface area contributed by atoms with E-state index in [9.17, 15) is 0 Å². The smallest absolute Gasteiger partial charge is 0.229 e. The fourth-order valence-corrected chi connectivity index (χ4v) is 3.02. The fraction of sp³-hybridized carbons (Fsp3) is 0.350. The highest BCUT2D eigenvalue weighted by atomic mass is 16.5. The number of hydrogen-bond donors (Lipinski definition) is 2. The summed E-state index contributed by atoms with van der Waals surface area (Å²) in [6.45, 7) is 8.23. The lowest BCUT2D eigenvalue weighted by molar-refractivity contribution is 0.411. The van der Waals surface area contributed by atoms with Gasteiger partial charge in [0.25, 0.3) is 0 Å². The van der Waals surface area contributed by atoms with Crippen molar-refractivity contribution >= 4 is 17.5 Å². The monoisotopic (exact) mass is 366 g/mol. The van der Waals surface area contributed by atoms with Crippen LogP contribution >= 0.6 is 0 Å². The minimum Gasteiger partial charge on any atom is -0.494 e. The zero-order valence-corrected chi connectivity index (χ0v) is 16.7. The maximum absolute atomic E-state index is 5.57. The second-order valence-corrected chi connectivity index (χ2v) is 6.40. The first-order chi connectivity index (χ1) is 13.0. The molecule has 1 aromatic carbocycles. The molecule has 0 spiro atoms. The number of anilines is 3. The van der Waals surface area contributed by atoms with Crippen LogP contribution in [-0.4, -0.2) is 33.9 Å². The first-order valence-corrected chi connectivity index (χ1v) is 9.00. The van der Waals surface area contributed by atoms with Gasteiger partial charge < -0.3 is 15.4 Å². The van der Waals surface area contributed by atoms with Crippen molar-refractivity contribution in [3.05, 3.63) is 46.9 Å². The molecule has 0 aliphatic heterocycles. The van der Waals surface area contributed by atoms with E-state index in [0.29, 0.717) is 5.95 Å². The van der Waals surface area contributed by atoms with Crippen LogP contribution in [0.15, 0.2) is 24.3 Å². The van der Waals surface area contributed by atoms with Crippen molar-refractivity contribution in [3.63, 3.8) is 0 Å². The van der Waals surface area contributed by atoms with Gasteiger partial charge in [0.2, 0.25) is 5.95 Å². The minimum atomic E-state index is 0.540. The number of rotatable bonds is 6. The Kier molecular flexibility index (Phi) is 5.30. The quantitative estimate of drug-likeness (QED) is 0.688. The second-order valence-electron chi connectivity index (χ2n) is 6.40. The zero-order valence-electron chi connectivity index (χ0n) is 16.7. The number of hydrogen-bond acceptors (Lipinski definition) is 6. The molecule has 3 aromatic rings. The first kappa shape index (κ1) is 18.7. The van der Waals surface area contributed by atoms with Crippen molar-refractivity contribution in [2.24, 2.45) is 0 Å². The third-order valence-electron chi connectivity index (χ3n) is 4.62. The normalized spacial score (nSPS) is 10.7. The van der Waals surface area contributed by atoms with Crippen molar-refractivity contribution in [3.8, 4) is 11.4 Å². The molecule has 27 heavy (non-hydrogen) atoms. The fourth-order valence-electron chi connectivity index (χ4n) is 3.02. The predicted molar refractivity (Wildman–Crippen MR) is 109 cm³/mol. The number of nitrogens with zero attached hydrogens (tertiary/aromatic N) is 4. The third kappa shape index (κ3) is 3.72. The average Bonchev–Trinajstić information content (AvgIpc) is 2.95. The van der Waals surface area contributed by atoms with Gasteiger partial charge in [-0.1, -0.05) is 6.92 Å². The van der Waals surface area contributed by atoms with Crippen LogP contribution in [0.25, 0.3) is 5.69 Å². The average molecular weight is 366 g/mol. The molecular formula is C20H26N6O. The van der Waals surface area contributed by atoms with Gasteiger partial charge in [0.1, 0.15) is 17.3 Å². The molecule has 142 valence electrons. The Labute approximate surface area is 159 Å². The molecule has 0 unspecified atom stereocenters. The molecule has 7 nitrogen and oxygen atoms in total. The molecule has 2 N–H and O–H groups in total. The summed E-state index contributed by atoms with van der Waals surface area (Å²) in [5.74, 6) is 2.07. The van der Waals surface area contributed by atoms with E-state index in [0.717, 1.165) is 46.4 Å². The van der Waals surface area contributed by atoms with E-state index in [1.165, 1.54) is 5.56 Å². The molecule has 0 aliphatic rings. The highest BCUT2D eigenvalue weighted by Gasteiger charge is 2.15. The summed E-state index contributed by atoms with van der Waals surface area (Å²) < 4.78 is 7.51. The van der Waals surface area contributed by atoms with Gasteiger partial charge in [0, 0.05) is 30.2 Å². The van der Waals surface area contributed by atoms with Crippen molar-refractivity contribution in [2.75, 3.05) is 24.8 Å². The third-order valence-corrected chi connectivity index (χ3v) is 4.62. The maximum Gasteiger partial charge on any atom is 0.229 e. The van der Waals surface area contributed by atoms with Crippen LogP contribution in [0.1, 0.15) is 29.6 Å². The lowest BCUT2D eigenvalue weighted by Gasteiger charge is -2.14. The van der Waals surface area contributed by atoms with Crippen LogP contribution in [-0.2, 0) is 6.42 Å². The minimum absolute atomic E-state index is 0.540. The second kappa shape index (κ2) is 7.65. The van der Waals surface area contributed by atoms with E-state index in [4.69, 9.17) is 9.84 Å². The van der Waals surface area contributed by atoms with Gasteiger partial charge in [-0.15, -0.1) is 0 Å². The topological polar surface area (TPSA) is 76.9 Å². The summed E-state index contributed by atoms with van der Waals surface area (Å²) in [5, 5.41) is 11.1. The van der Waals surface area contributed by atoms with E-state index in [-0.39, 0.29) is 0 Å². The maximum atomic E-state index is 5.57. The van der Waals surface area contributed by atoms with Crippen LogP contribution in [0.5, 0.6) is 5.75 Å². The Bertz CT molecular complexity index is 963. The van der Waals surface area contributed by atoms with Gasteiger partial charge in [-0.2, -0.15) is 10.1 Å². The standard InChI is InChI=1S/C20H26N6O/c1-7-16-13(3)14(4)26(25-16)17-11-15(8-9-18(17)27-6)23-20-22-12(2)10-19(21-5)24-20/h8-11H,7H2,1-6H3,(H2,21,22,23,24). The molecule has 2 aromatic heterocycles. The molecule has 0 aliphatic carbocycles. The lowest BCUT2D eigenvalue weighted by atomic mass is 10.2. The summed E-state index contributed by atoms with van der Waals surface area (Å²) in [5.41, 5.74) is 6.03. The summed E-state index contributed by atoms with van der Waals surface area (Å²) in [7, 11) is 3.51. The van der Waals surface area contributed by atoms with E-state index in [1.807, 2.05) is 42.9 Å². The number of aromatic nitrogens is 4. The van der Waals surface area contributed by atoms with Crippen LogP contribution in [0.4, 0.5) is 17.5 Å². The van der Waals surface area contributed by atoms with Crippen LogP contribution in [0.3, 0.4) is 0 Å². The Morgan fingerprint density at radius 3 is 2.52 bits per heavy atom. The van der Waals surface area contributed by atoms with Gasteiger partial charge in [0.05, 0.1) is 12.8 Å². The van der Waals surface area contributed by atoms with Crippen molar-refractivity contribution < 1.29 is 4.74 Å². The number of aryl methyl sites for hydroxylation is 2. The molecular weight excluding hydrogens is 340 g/mol. The van der Waals surface area contributed by atoms with E-state index in [2.05, 4.69) is 41.4 Å². The summed E-state index contributed by atoms with van der Waals surface area (Å²) in [6, 6.07) is 7.77. The molecule has 0 bridgehead atoms. The van der Waals surface area contributed by atoms with E-state index in [1.54, 1.807) is 7.11 Å². The SMILES string of the molecule is CCc1nn(-c2cc(Nc3nc(C)cc(NC)n3)ccc2OC)c(C)c1C. The van der Waals surface area contributed by atoms with Gasteiger partial charge in [-0.25, -0.2) is 9.67 Å². The van der Waals surface area contributed by atoms with Crippen LogP contribution in [0.2, 0.25) is 0 Å². The number of methoxy groups -OCH3 is 1. The number of nitrogens with one attached hydrogen (secondary N) is 2. The summed E-state index contributed by atoms with van der Waals surface area (Å²) in [4.78, 5) is 8.91. The Balaban J connectivity index is 2.03. The number of ether oxygens (including phenoxy) is 1. The van der Waals surface area contributed by atoms with Gasteiger partial charge in [-0.05, 0) is 51.0 Å². The first-order valence-electron chi connectivity index (χ1n) is 9.00. The molecule has 0 amide bonds. The number of benzene rings is 1. The van der Waals surface area contributed by atoms with Crippen LogP contribution < -0.4 is 15.4 Å². The molecule has 0 fully saturated rings. The Hall–Kier alpha value is -3.09. The highest BCUT2D eigenvalue weighted by Crippen LogP contribution is 2.30. The van der Waals surface area contributed by atoms with E-state index < -0.39 is 0 Å². The highest BCUT2D eigenvalue weighted by molar-refractivity contribution is 5.63. The molecule has 0 atom stereocenters. The molecule has 3 rings (SSSR count). The van der Waals surface area contributed by atoms with Gasteiger partial charge in [0.15, 0.2) is 0 Å². The molecule has 0 saturated heterocycles. The van der Waals surface area contributed by atoms with E-state index >= 15 is 0 Å². The largest absolute Gasteiger partial charge is 0.494 e. The summed E-state index contributed by atoms with van der Waals surface area (Å²) in [6.07, 6.45) is 0.893. The van der Waals surface area contributed by atoms with Crippen molar-refractivity contribution in [1.29, 1.82) is 0 Å². The zero-order chi connectivity index (χ0) is 19.6. The predicted octanol–water partition coefficient (Wildman–Crippen LogP) is 3.94.